The van der Waals surface area contributed by atoms with Crippen LogP contribution in [0.25, 0.3) is 6.08 Å². The zero-order chi connectivity index (χ0) is 11.8. The quantitative estimate of drug-likeness (QED) is 0.400. The standard InChI is InChI=1S/C11H13BO4/c13-9-16-7-2-1-4-10-5-3-6-11(8-10)12(14)15/h1,3-6,8-9,14-15H,2,7H2/b4-1+. The number of hydrogen-bond acceptors (Lipinski definition) is 4. The first kappa shape index (κ1) is 12.5. The van der Waals surface area contributed by atoms with Crippen LogP contribution in [-0.2, 0) is 9.53 Å². The number of carbonyl (C=O) groups excluding carboxylic acids is 1. The third-order valence-electron chi connectivity index (χ3n) is 1.99. The highest BCUT2D eigenvalue weighted by Gasteiger charge is 2.09. The van der Waals surface area contributed by atoms with E-state index < -0.39 is 7.12 Å². The van der Waals surface area contributed by atoms with Gasteiger partial charge in [-0.25, -0.2) is 0 Å². The molecule has 0 amide bonds. The van der Waals surface area contributed by atoms with Gasteiger partial charge in [0.15, 0.2) is 0 Å². The normalized spacial score (nSPS) is 10.4. The minimum absolute atomic E-state index is 0.350. The SMILES string of the molecule is O=COCC/C=C/c1cccc(B(O)O)c1. The number of hydrogen-bond donors (Lipinski definition) is 2. The highest BCUT2D eigenvalue weighted by molar-refractivity contribution is 6.58. The maximum atomic E-state index is 9.86. The van der Waals surface area contributed by atoms with Crippen molar-refractivity contribution in [2.75, 3.05) is 6.61 Å². The Kier molecular flexibility index (Phi) is 5.32. The third kappa shape index (κ3) is 4.29. The molecule has 0 fully saturated rings. The van der Waals surface area contributed by atoms with E-state index in [1.54, 1.807) is 18.2 Å². The van der Waals surface area contributed by atoms with E-state index in [-0.39, 0.29) is 0 Å². The Balaban J connectivity index is 2.53. The highest BCUT2D eigenvalue weighted by atomic mass is 16.5. The van der Waals surface area contributed by atoms with Gasteiger partial charge in [0.2, 0.25) is 0 Å². The second-order valence-corrected chi connectivity index (χ2v) is 3.20. The van der Waals surface area contributed by atoms with Gasteiger partial charge in [0.25, 0.3) is 6.47 Å². The van der Waals surface area contributed by atoms with Crippen molar-refractivity contribution < 1.29 is 19.6 Å². The van der Waals surface area contributed by atoms with E-state index in [0.717, 1.165) is 5.56 Å². The van der Waals surface area contributed by atoms with Crippen LogP contribution < -0.4 is 5.46 Å². The molecule has 0 radical (unpaired) electrons. The van der Waals surface area contributed by atoms with E-state index in [1.807, 2.05) is 18.2 Å². The van der Waals surface area contributed by atoms with Gasteiger partial charge in [-0.2, -0.15) is 0 Å². The van der Waals surface area contributed by atoms with Crippen LogP contribution in [0.4, 0.5) is 0 Å². The van der Waals surface area contributed by atoms with Crippen LogP contribution in [-0.4, -0.2) is 30.2 Å². The van der Waals surface area contributed by atoms with Gasteiger partial charge >= 0.3 is 7.12 Å². The topological polar surface area (TPSA) is 66.8 Å². The molecule has 0 aromatic heterocycles. The Labute approximate surface area is 94.3 Å². The summed E-state index contributed by atoms with van der Waals surface area (Å²) in [5, 5.41) is 17.9. The van der Waals surface area contributed by atoms with Crippen LogP contribution in [0.15, 0.2) is 30.3 Å². The zero-order valence-electron chi connectivity index (χ0n) is 8.74. The largest absolute Gasteiger partial charge is 0.488 e. The van der Waals surface area contributed by atoms with Crippen molar-refractivity contribution in [2.24, 2.45) is 0 Å². The molecule has 0 aliphatic carbocycles. The molecule has 0 aliphatic rings. The van der Waals surface area contributed by atoms with Crippen molar-refractivity contribution in [3.8, 4) is 0 Å². The molecule has 84 valence electrons. The second kappa shape index (κ2) is 6.82. The minimum Gasteiger partial charge on any atom is -0.468 e. The van der Waals surface area contributed by atoms with Crippen LogP contribution in [0, 0.1) is 0 Å². The number of ether oxygens (including phenoxy) is 1. The van der Waals surface area contributed by atoms with E-state index in [1.165, 1.54) is 0 Å². The molecule has 4 nitrogen and oxygen atoms in total. The lowest BCUT2D eigenvalue weighted by atomic mass is 9.79. The van der Waals surface area contributed by atoms with Gasteiger partial charge in [-0.1, -0.05) is 36.4 Å². The van der Waals surface area contributed by atoms with Crippen molar-refractivity contribution >= 4 is 25.1 Å². The first-order valence-corrected chi connectivity index (χ1v) is 4.92. The molecular weight excluding hydrogens is 207 g/mol. The van der Waals surface area contributed by atoms with Crippen LogP contribution in [0.2, 0.25) is 0 Å². The molecule has 0 spiro atoms. The molecule has 0 atom stereocenters. The van der Waals surface area contributed by atoms with Gasteiger partial charge in [-0.15, -0.1) is 0 Å². The van der Waals surface area contributed by atoms with Crippen LogP contribution >= 0.6 is 0 Å². The Morgan fingerprint density at radius 2 is 2.19 bits per heavy atom. The Morgan fingerprint density at radius 3 is 2.88 bits per heavy atom. The summed E-state index contributed by atoms with van der Waals surface area (Å²) in [6.45, 7) is 0.763. The average molecular weight is 220 g/mol. The molecular formula is C11H13BO4. The smallest absolute Gasteiger partial charge is 0.468 e. The lowest BCUT2D eigenvalue weighted by molar-refractivity contribution is -0.128. The molecule has 5 heteroatoms. The average Bonchev–Trinajstić information content (AvgIpc) is 2.29. The number of carbonyl (C=O) groups is 1. The van der Waals surface area contributed by atoms with Crippen LogP contribution in [0.5, 0.6) is 0 Å². The van der Waals surface area contributed by atoms with Gasteiger partial charge in [-0.05, 0) is 17.4 Å². The summed E-state index contributed by atoms with van der Waals surface area (Å²) in [7, 11) is -1.45. The van der Waals surface area contributed by atoms with Gasteiger partial charge in [0, 0.05) is 0 Å². The Hall–Kier alpha value is -1.59. The van der Waals surface area contributed by atoms with Crippen LogP contribution in [0.1, 0.15) is 12.0 Å². The van der Waals surface area contributed by atoms with Gasteiger partial charge in [0.05, 0.1) is 6.61 Å². The first-order valence-electron chi connectivity index (χ1n) is 4.92. The fourth-order valence-electron chi connectivity index (χ4n) is 1.23. The summed E-state index contributed by atoms with van der Waals surface area (Å²) in [5.41, 5.74) is 1.32. The first-order chi connectivity index (χ1) is 7.74. The fraction of sp³-hybridized carbons (Fsp3) is 0.182. The van der Waals surface area contributed by atoms with Gasteiger partial charge in [0.1, 0.15) is 0 Å². The van der Waals surface area contributed by atoms with Gasteiger partial charge < -0.3 is 14.8 Å². The molecule has 0 saturated carbocycles. The minimum atomic E-state index is -1.45. The van der Waals surface area contributed by atoms with Crippen molar-refractivity contribution in [1.82, 2.24) is 0 Å². The molecule has 0 aliphatic heterocycles. The second-order valence-electron chi connectivity index (χ2n) is 3.20. The van der Waals surface area contributed by atoms with E-state index in [0.29, 0.717) is 25.0 Å². The fourth-order valence-corrected chi connectivity index (χ4v) is 1.23. The predicted octanol–water partition coefficient (Wildman–Crippen LogP) is -0.0573. The van der Waals surface area contributed by atoms with Crippen molar-refractivity contribution in [3.63, 3.8) is 0 Å². The summed E-state index contributed by atoms with van der Waals surface area (Å²) in [4.78, 5) is 9.86. The maximum absolute atomic E-state index is 9.86. The highest BCUT2D eigenvalue weighted by Crippen LogP contribution is 2.01. The van der Waals surface area contributed by atoms with E-state index >= 15 is 0 Å². The van der Waals surface area contributed by atoms with Gasteiger partial charge in [-0.3, -0.25) is 4.79 Å². The summed E-state index contributed by atoms with van der Waals surface area (Å²) < 4.78 is 4.52. The van der Waals surface area contributed by atoms with Crippen molar-refractivity contribution in [1.29, 1.82) is 0 Å². The molecule has 1 aromatic carbocycles. The Morgan fingerprint density at radius 1 is 1.38 bits per heavy atom. The summed E-state index contributed by atoms with van der Waals surface area (Å²) in [6, 6.07) is 6.92. The van der Waals surface area contributed by atoms with Crippen molar-refractivity contribution in [2.45, 2.75) is 6.42 Å². The van der Waals surface area contributed by atoms with E-state index in [2.05, 4.69) is 4.74 Å². The molecule has 0 heterocycles. The van der Waals surface area contributed by atoms with E-state index in [4.69, 9.17) is 10.0 Å². The van der Waals surface area contributed by atoms with Crippen molar-refractivity contribution in [3.05, 3.63) is 35.9 Å². The third-order valence-corrected chi connectivity index (χ3v) is 1.99. The number of rotatable bonds is 6. The summed E-state index contributed by atoms with van der Waals surface area (Å²) in [6.07, 6.45) is 4.32. The molecule has 0 unspecified atom stereocenters. The molecule has 1 rings (SSSR count). The van der Waals surface area contributed by atoms with E-state index in [9.17, 15) is 4.79 Å². The summed E-state index contributed by atoms with van der Waals surface area (Å²) in [5.74, 6) is 0. The monoisotopic (exact) mass is 220 g/mol. The molecule has 16 heavy (non-hydrogen) atoms. The zero-order valence-corrected chi connectivity index (χ0v) is 8.74. The molecule has 0 saturated heterocycles. The lowest BCUT2D eigenvalue weighted by Crippen LogP contribution is -2.29. The molecule has 2 N–H and O–H groups in total. The predicted molar refractivity (Wildman–Crippen MR) is 61.9 cm³/mol. The Bertz CT molecular complexity index is 363. The summed E-state index contributed by atoms with van der Waals surface area (Å²) >= 11 is 0. The van der Waals surface area contributed by atoms with Crippen LogP contribution in [0.3, 0.4) is 0 Å². The molecule has 1 aromatic rings. The lowest BCUT2D eigenvalue weighted by Gasteiger charge is -2.00. The maximum Gasteiger partial charge on any atom is 0.488 e. The number of benzene rings is 1. The molecule has 0 bridgehead atoms.